The van der Waals surface area contributed by atoms with Gasteiger partial charge in [-0.15, -0.1) is 0 Å². The zero-order chi connectivity index (χ0) is 12.8. The van der Waals surface area contributed by atoms with Crippen LogP contribution in [0.25, 0.3) is 0 Å². The van der Waals surface area contributed by atoms with Crippen molar-refractivity contribution < 1.29 is 14.7 Å². The highest BCUT2D eigenvalue weighted by atomic mass is 16.3. The maximum atomic E-state index is 11.5. The van der Waals surface area contributed by atoms with Crippen LogP contribution >= 0.6 is 0 Å². The Labute approximate surface area is 101 Å². The molecule has 0 saturated carbocycles. The van der Waals surface area contributed by atoms with Crippen molar-refractivity contribution in [3.63, 3.8) is 0 Å². The molecule has 0 aliphatic carbocycles. The van der Waals surface area contributed by atoms with Gasteiger partial charge in [-0.2, -0.15) is 0 Å². The number of carbonyl (C=O) groups is 2. The van der Waals surface area contributed by atoms with Crippen LogP contribution in [0.5, 0.6) is 0 Å². The normalized spacial score (nSPS) is 21.3. The number of aliphatic hydroxyl groups is 1. The maximum Gasteiger partial charge on any atom is 0.321 e. The summed E-state index contributed by atoms with van der Waals surface area (Å²) in [6, 6.07) is -0.470. The molecular weight excluding hydrogens is 222 g/mol. The van der Waals surface area contributed by atoms with Gasteiger partial charge in [0.15, 0.2) is 0 Å². The first-order valence-electron chi connectivity index (χ1n) is 5.98. The Morgan fingerprint density at radius 2 is 2.18 bits per heavy atom. The molecule has 0 aromatic carbocycles. The van der Waals surface area contributed by atoms with Gasteiger partial charge in [0.1, 0.15) is 0 Å². The number of nitrogens with one attached hydrogen (secondary N) is 2. The number of amides is 3. The summed E-state index contributed by atoms with van der Waals surface area (Å²) in [6.07, 6.45) is 1.31. The van der Waals surface area contributed by atoms with Crippen LogP contribution in [0.2, 0.25) is 0 Å². The number of likely N-dealkylation sites (tertiary alicyclic amines) is 1. The van der Waals surface area contributed by atoms with E-state index in [4.69, 9.17) is 0 Å². The van der Waals surface area contributed by atoms with Gasteiger partial charge in [-0.05, 0) is 33.2 Å². The summed E-state index contributed by atoms with van der Waals surface area (Å²) in [7, 11) is 0. The fourth-order valence-electron chi connectivity index (χ4n) is 1.84. The SMILES string of the molecule is CC(C)NC(=O)NC(=O)CN1CCC[C@H](O)C1. The Morgan fingerprint density at radius 3 is 2.76 bits per heavy atom. The van der Waals surface area contributed by atoms with Crippen molar-refractivity contribution in [2.75, 3.05) is 19.6 Å². The molecule has 17 heavy (non-hydrogen) atoms. The van der Waals surface area contributed by atoms with E-state index in [1.165, 1.54) is 0 Å². The second-order valence-electron chi connectivity index (χ2n) is 4.71. The van der Waals surface area contributed by atoms with Crippen molar-refractivity contribution in [2.45, 2.75) is 38.8 Å². The van der Waals surface area contributed by atoms with Gasteiger partial charge < -0.3 is 10.4 Å². The molecule has 6 nitrogen and oxygen atoms in total. The van der Waals surface area contributed by atoms with Gasteiger partial charge in [0.25, 0.3) is 0 Å². The summed E-state index contributed by atoms with van der Waals surface area (Å²) in [5.41, 5.74) is 0. The second kappa shape index (κ2) is 6.56. The topological polar surface area (TPSA) is 81.7 Å². The Bertz CT molecular complexity index is 281. The van der Waals surface area contributed by atoms with Crippen LogP contribution in [0.3, 0.4) is 0 Å². The molecule has 0 unspecified atom stereocenters. The molecule has 98 valence electrons. The molecule has 1 aliphatic rings. The fraction of sp³-hybridized carbons (Fsp3) is 0.818. The number of hydrogen-bond acceptors (Lipinski definition) is 4. The Kier molecular flexibility index (Phi) is 5.37. The number of hydrogen-bond donors (Lipinski definition) is 3. The van der Waals surface area contributed by atoms with Gasteiger partial charge in [0.2, 0.25) is 5.91 Å². The molecule has 1 fully saturated rings. The highest BCUT2D eigenvalue weighted by Gasteiger charge is 2.20. The van der Waals surface area contributed by atoms with E-state index in [1.807, 2.05) is 18.7 Å². The average Bonchev–Trinajstić information content (AvgIpc) is 2.14. The molecule has 0 spiro atoms. The van der Waals surface area contributed by atoms with E-state index in [2.05, 4.69) is 10.6 Å². The lowest BCUT2D eigenvalue weighted by Crippen LogP contribution is -2.48. The molecule has 1 rings (SSSR count). The molecule has 0 aromatic heterocycles. The molecule has 1 heterocycles. The number of carbonyl (C=O) groups excluding carboxylic acids is 2. The van der Waals surface area contributed by atoms with Gasteiger partial charge in [-0.25, -0.2) is 4.79 Å². The minimum atomic E-state index is -0.470. The lowest BCUT2D eigenvalue weighted by molar-refractivity contribution is -0.121. The van der Waals surface area contributed by atoms with Crippen molar-refractivity contribution in [3.05, 3.63) is 0 Å². The quantitative estimate of drug-likeness (QED) is 0.634. The molecule has 3 amide bonds. The first-order chi connectivity index (χ1) is 7.97. The molecule has 0 aromatic rings. The Hall–Kier alpha value is -1.14. The third-order valence-electron chi connectivity index (χ3n) is 2.52. The van der Waals surface area contributed by atoms with Crippen LogP contribution in [0.1, 0.15) is 26.7 Å². The monoisotopic (exact) mass is 243 g/mol. The van der Waals surface area contributed by atoms with Crippen LogP contribution in [0, 0.1) is 0 Å². The van der Waals surface area contributed by atoms with Gasteiger partial charge in [-0.1, -0.05) is 0 Å². The summed E-state index contributed by atoms with van der Waals surface area (Å²) in [5, 5.41) is 14.3. The summed E-state index contributed by atoms with van der Waals surface area (Å²) < 4.78 is 0. The van der Waals surface area contributed by atoms with E-state index < -0.39 is 6.03 Å². The Balaban J connectivity index is 2.26. The van der Waals surface area contributed by atoms with E-state index >= 15 is 0 Å². The highest BCUT2D eigenvalue weighted by molar-refractivity contribution is 5.95. The first kappa shape index (κ1) is 13.9. The number of nitrogens with zero attached hydrogens (tertiary/aromatic N) is 1. The summed E-state index contributed by atoms with van der Waals surface area (Å²) in [4.78, 5) is 24.6. The smallest absolute Gasteiger partial charge is 0.321 e. The van der Waals surface area contributed by atoms with Crippen molar-refractivity contribution >= 4 is 11.9 Å². The van der Waals surface area contributed by atoms with Crippen molar-refractivity contribution in [2.24, 2.45) is 0 Å². The third kappa shape index (κ3) is 5.65. The van der Waals surface area contributed by atoms with E-state index in [1.54, 1.807) is 0 Å². The predicted molar refractivity (Wildman–Crippen MR) is 63.5 cm³/mol. The Morgan fingerprint density at radius 1 is 1.47 bits per heavy atom. The lowest BCUT2D eigenvalue weighted by Gasteiger charge is -2.29. The van der Waals surface area contributed by atoms with Crippen LogP contribution in [-0.4, -0.2) is 53.7 Å². The number of rotatable bonds is 3. The number of urea groups is 1. The molecular formula is C11H21N3O3. The minimum Gasteiger partial charge on any atom is -0.392 e. The highest BCUT2D eigenvalue weighted by Crippen LogP contribution is 2.08. The lowest BCUT2D eigenvalue weighted by atomic mass is 10.1. The zero-order valence-corrected chi connectivity index (χ0v) is 10.4. The van der Waals surface area contributed by atoms with Crippen LogP contribution in [0.4, 0.5) is 4.79 Å². The van der Waals surface area contributed by atoms with Crippen molar-refractivity contribution in [3.8, 4) is 0 Å². The average molecular weight is 243 g/mol. The van der Waals surface area contributed by atoms with Crippen molar-refractivity contribution in [1.82, 2.24) is 15.5 Å². The zero-order valence-electron chi connectivity index (χ0n) is 10.4. The van der Waals surface area contributed by atoms with Crippen LogP contribution in [-0.2, 0) is 4.79 Å². The maximum absolute atomic E-state index is 11.5. The molecule has 1 atom stereocenters. The number of β-amino-alcohol motifs (C(OH)–C–C–N with tert-alkyl or cyclic N) is 1. The molecule has 1 aliphatic heterocycles. The summed E-state index contributed by atoms with van der Waals surface area (Å²) in [5.74, 6) is -0.336. The summed E-state index contributed by atoms with van der Waals surface area (Å²) in [6.45, 7) is 5.09. The second-order valence-corrected chi connectivity index (χ2v) is 4.71. The minimum absolute atomic E-state index is 0.000362. The molecule has 3 N–H and O–H groups in total. The first-order valence-corrected chi connectivity index (χ1v) is 5.98. The number of aliphatic hydroxyl groups excluding tert-OH is 1. The largest absolute Gasteiger partial charge is 0.392 e. The summed E-state index contributed by atoms with van der Waals surface area (Å²) >= 11 is 0. The number of imide groups is 1. The molecule has 1 saturated heterocycles. The third-order valence-corrected chi connectivity index (χ3v) is 2.52. The van der Waals surface area contributed by atoms with E-state index in [0.717, 1.165) is 19.4 Å². The van der Waals surface area contributed by atoms with Gasteiger partial charge in [0, 0.05) is 12.6 Å². The van der Waals surface area contributed by atoms with E-state index in [0.29, 0.717) is 6.54 Å². The van der Waals surface area contributed by atoms with Crippen LogP contribution in [0.15, 0.2) is 0 Å². The predicted octanol–water partition coefficient (Wildman–Crippen LogP) is -0.323. The standard InChI is InChI=1S/C11H21N3O3/c1-8(2)12-11(17)13-10(16)7-14-5-3-4-9(15)6-14/h8-9,15H,3-7H2,1-2H3,(H2,12,13,16,17)/t9-/m0/s1. The van der Waals surface area contributed by atoms with Crippen molar-refractivity contribution in [1.29, 1.82) is 0 Å². The molecule has 0 radical (unpaired) electrons. The van der Waals surface area contributed by atoms with E-state index in [-0.39, 0.29) is 24.6 Å². The fourth-order valence-corrected chi connectivity index (χ4v) is 1.84. The van der Waals surface area contributed by atoms with Gasteiger partial charge in [0.05, 0.1) is 12.6 Å². The molecule has 6 heteroatoms. The van der Waals surface area contributed by atoms with Crippen LogP contribution < -0.4 is 10.6 Å². The van der Waals surface area contributed by atoms with E-state index in [9.17, 15) is 14.7 Å². The van der Waals surface area contributed by atoms with Gasteiger partial charge in [-0.3, -0.25) is 15.0 Å². The van der Waals surface area contributed by atoms with Gasteiger partial charge >= 0.3 is 6.03 Å². The molecule has 0 bridgehead atoms. The number of piperidine rings is 1.